The summed E-state index contributed by atoms with van der Waals surface area (Å²) in [6, 6.07) is 8.97. The molecule has 0 atom stereocenters. The van der Waals surface area contributed by atoms with Crippen molar-refractivity contribution >= 4 is 5.91 Å². The summed E-state index contributed by atoms with van der Waals surface area (Å²) < 4.78 is 7.30. The lowest BCUT2D eigenvalue weighted by Gasteiger charge is -2.08. The molecule has 0 aliphatic heterocycles. The van der Waals surface area contributed by atoms with Crippen molar-refractivity contribution in [1.82, 2.24) is 15.1 Å². The zero-order chi connectivity index (χ0) is 15.1. The third-order valence-corrected chi connectivity index (χ3v) is 2.77. The molecule has 1 N–H and O–H groups in total. The number of aromatic nitrogens is 2. The van der Waals surface area contributed by atoms with Gasteiger partial charge in [-0.1, -0.05) is 12.6 Å². The minimum atomic E-state index is -0.122. The third-order valence-electron chi connectivity index (χ3n) is 2.77. The number of benzene rings is 1. The molecule has 0 unspecified atom stereocenters. The lowest BCUT2D eigenvalue weighted by Crippen LogP contribution is -2.27. The van der Waals surface area contributed by atoms with Gasteiger partial charge in [-0.3, -0.25) is 9.48 Å². The Kier molecular flexibility index (Phi) is 5.15. The van der Waals surface area contributed by atoms with Crippen LogP contribution in [0.1, 0.15) is 17.3 Å². The van der Waals surface area contributed by atoms with Gasteiger partial charge in [0.15, 0.2) is 0 Å². The molecule has 0 radical (unpaired) electrons. The van der Waals surface area contributed by atoms with Crippen molar-refractivity contribution in [2.24, 2.45) is 0 Å². The van der Waals surface area contributed by atoms with Crippen LogP contribution in [0.3, 0.4) is 0 Å². The van der Waals surface area contributed by atoms with E-state index in [0.29, 0.717) is 31.0 Å². The van der Waals surface area contributed by atoms with Gasteiger partial charge in [0.2, 0.25) is 0 Å². The number of ether oxygens (including phenoxy) is 1. The molecule has 0 saturated heterocycles. The number of carbonyl (C=O) groups excluding carboxylic acids is 1. The van der Waals surface area contributed by atoms with E-state index < -0.39 is 0 Å². The van der Waals surface area contributed by atoms with Gasteiger partial charge < -0.3 is 10.1 Å². The first-order chi connectivity index (χ1) is 10.1. The van der Waals surface area contributed by atoms with Gasteiger partial charge in [-0.2, -0.15) is 5.10 Å². The van der Waals surface area contributed by atoms with Crippen molar-refractivity contribution in [2.75, 3.05) is 13.2 Å². The van der Waals surface area contributed by atoms with Gasteiger partial charge in [-0.05, 0) is 36.8 Å². The second-order valence-electron chi connectivity index (χ2n) is 4.80. The average Bonchev–Trinajstić information content (AvgIpc) is 2.98. The molecule has 1 aromatic heterocycles. The van der Waals surface area contributed by atoms with Crippen LogP contribution >= 0.6 is 0 Å². The maximum absolute atomic E-state index is 12.0. The molecule has 0 aliphatic rings. The Labute approximate surface area is 124 Å². The van der Waals surface area contributed by atoms with E-state index in [0.717, 1.165) is 5.57 Å². The smallest absolute Gasteiger partial charge is 0.251 e. The topological polar surface area (TPSA) is 56.1 Å². The zero-order valence-electron chi connectivity index (χ0n) is 12.1. The van der Waals surface area contributed by atoms with Gasteiger partial charge in [0.25, 0.3) is 5.91 Å². The Morgan fingerprint density at radius 1 is 1.43 bits per heavy atom. The van der Waals surface area contributed by atoms with E-state index in [1.54, 1.807) is 29.1 Å². The van der Waals surface area contributed by atoms with E-state index in [4.69, 9.17) is 4.74 Å². The molecular formula is C16H19N3O2. The molecule has 0 bridgehead atoms. The van der Waals surface area contributed by atoms with E-state index in [9.17, 15) is 4.79 Å². The molecular weight excluding hydrogens is 266 g/mol. The lowest BCUT2D eigenvalue weighted by molar-refractivity contribution is 0.0951. The largest absolute Gasteiger partial charge is 0.489 e. The molecule has 2 rings (SSSR count). The third kappa shape index (κ3) is 4.80. The van der Waals surface area contributed by atoms with Gasteiger partial charge in [-0.15, -0.1) is 0 Å². The molecule has 1 amide bonds. The normalized spacial score (nSPS) is 10.1. The predicted molar refractivity (Wildman–Crippen MR) is 81.3 cm³/mol. The molecule has 0 saturated carbocycles. The van der Waals surface area contributed by atoms with E-state index in [-0.39, 0.29) is 5.91 Å². The first-order valence-corrected chi connectivity index (χ1v) is 6.78. The zero-order valence-corrected chi connectivity index (χ0v) is 12.1. The molecule has 110 valence electrons. The van der Waals surface area contributed by atoms with Crippen LogP contribution in [0.4, 0.5) is 0 Å². The quantitative estimate of drug-likeness (QED) is 0.794. The van der Waals surface area contributed by atoms with Crippen LogP contribution in [0.15, 0.2) is 54.9 Å². The van der Waals surface area contributed by atoms with Crippen LogP contribution in [0.2, 0.25) is 0 Å². The highest BCUT2D eigenvalue weighted by Crippen LogP contribution is 2.14. The van der Waals surface area contributed by atoms with Crippen LogP contribution in [0.25, 0.3) is 0 Å². The van der Waals surface area contributed by atoms with Crippen LogP contribution < -0.4 is 10.1 Å². The second kappa shape index (κ2) is 7.28. The predicted octanol–water partition coefficient (Wildman–Crippen LogP) is 2.27. The molecule has 1 heterocycles. The average molecular weight is 285 g/mol. The summed E-state index contributed by atoms with van der Waals surface area (Å²) >= 11 is 0. The number of hydrogen-bond acceptors (Lipinski definition) is 3. The first kappa shape index (κ1) is 14.8. The van der Waals surface area contributed by atoms with Crippen molar-refractivity contribution in [2.45, 2.75) is 13.5 Å². The van der Waals surface area contributed by atoms with Gasteiger partial charge in [0, 0.05) is 24.5 Å². The molecule has 1 aromatic carbocycles. The maximum Gasteiger partial charge on any atom is 0.251 e. The van der Waals surface area contributed by atoms with E-state index in [1.807, 2.05) is 25.3 Å². The van der Waals surface area contributed by atoms with E-state index >= 15 is 0 Å². The van der Waals surface area contributed by atoms with Crippen molar-refractivity contribution in [3.05, 3.63) is 60.4 Å². The van der Waals surface area contributed by atoms with Gasteiger partial charge >= 0.3 is 0 Å². The second-order valence-corrected chi connectivity index (χ2v) is 4.80. The number of rotatable bonds is 7. The summed E-state index contributed by atoms with van der Waals surface area (Å²) in [5.41, 5.74) is 1.51. The van der Waals surface area contributed by atoms with Gasteiger partial charge in [0.05, 0.1) is 6.54 Å². The highest BCUT2D eigenvalue weighted by Gasteiger charge is 2.06. The monoisotopic (exact) mass is 285 g/mol. The number of amides is 1. The lowest BCUT2D eigenvalue weighted by atomic mass is 10.2. The van der Waals surface area contributed by atoms with Crippen molar-refractivity contribution in [3.8, 4) is 5.75 Å². The van der Waals surface area contributed by atoms with Crippen LogP contribution in [0.5, 0.6) is 5.75 Å². The molecule has 0 spiro atoms. The van der Waals surface area contributed by atoms with E-state index in [2.05, 4.69) is 17.0 Å². The highest BCUT2D eigenvalue weighted by molar-refractivity contribution is 5.94. The van der Waals surface area contributed by atoms with Crippen LogP contribution in [-0.2, 0) is 6.54 Å². The fourth-order valence-corrected chi connectivity index (χ4v) is 1.75. The summed E-state index contributed by atoms with van der Waals surface area (Å²) in [5, 5.41) is 6.93. The molecule has 0 aliphatic carbocycles. The highest BCUT2D eigenvalue weighted by atomic mass is 16.5. The van der Waals surface area contributed by atoms with Crippen LogP contribution in [0, 0.1) is 0 Å². The Balaban J connectivity index is 1.86. The Morgan fingerprint density at radius 3 is 3.00 bits per heavy atom. The minimum absolute atomic E-state index is 0.122. The van der Waals surface area contributed by atoms with Crippen molar-refractivity contribution in [1.29, 1.82) is 0 Å². The number of nitrogens with zero attached hydrogens (tertiary/aromatic N) is 2. The minimum Gasteiger partial charge on any atom is -0.489 e. The SMILES string of the molecule is C=C(C)COc1cccc(C(=O)NCCn2cccn2)c1. The fraction of sp³-hybridized carbons (Fsp3) is 0.250. The fourth-order valence-electron chi connectivity index (χ4n) is 1.75. The van der Waals surface area contributed by atoms with Crippen molar-refractivity contribution in [3.63, 3.8) is 0 Å². The molecule has 21 heavy (non-hydrogen) atoms. The molecule has 2 aromatic rings. The summed E-state index contributed by atoms with van der Waals surface area (Å²) in [6.45, 7) is 7.29. The standard InChI is InChI=1S/C16H19N3O2/c1-13(2)12-21-15-6-3-5-14(11-15)16(20)17-8-10-19-9-4-7-18-19/h3-7,9,11H,1,8,10,12H2,2H3,(H,17,20). The Morgan fingerprint density at radius 2 is 2.29 bits per heavy atom. The summed E-state index contributed by atoms with van der Waals surface area (Å²) in [7, 11) is 0. The van der Waals surface area contributed by atoms with Gasteiger partial charge in [0.1, 0.15) is 12.4 Å². The summed E-state index contributed by atoms with van der Waals surface area (Å²) in [5.74, 6) is 0.542. The summed E-state index contributed by atoms with van der Waals surface area (Å²) in [4.78, 5) is 12.0. The number of carbonyl (C=O) groups is 1. The molecule has 5 nitrogen and oxygen atoms in total. The van der Waals surface area contributed by atoms with Crippen LogP contribution in [-0.4, -0.2) is 28.8 Å². The van der Waals surface area contributed by atoms with Gasteiger partial charge in [-0.25, -0.2) is 0 Å². The molecule has 5 heteroatoms. The molecule has 0 fully saturated rings. The number of nitrogens with one attached hydrogen (secondary N) is 1. The Hall–Kier alpha value is -2.56. The summed E-state index contributed by atoms with van der Waals surface area (Å²) in [6.07, 6.45) is 3.57. The Bertz CT molecular complexity index is 606. The number of hydrogen-bond donors (Lipinski definition) is 1. The van der Waals surface area contributed by atoms with E-state index in [1.165, 1.54) is 0 Å². The first-order valence-electron chi connectivity index (χ1n) is 6.78. The maximum atomic E-state index is 12.0. The van der Waals surface area contributed by atoms with Crippen molar-refractivity contribution < 1.29 is 9.53 Å².